The Morgan fingerprint density at radius 3 is 2.81 bits per heavy atom. The summed E-state index contributed by atoms with van der Waals surface area (Å²) in [5, 5.41) is 16.3. The standard InChI is InChI=1S/C8H9N7S/c1-15-4-13-14-8(15)16-7-5(6(9)10)11-2-3-12-7/h2-4H,1H3,(H3,9,10). The minimum atomic E-state index is -0.113. The van der Waals surface area contributed by atoms with Crippen LogP contribution in [0.2, 0.25) is 0 Å². The normalized spacial score (nSPS) is 10.3. The summed E-state index contributed by atoms with van der Waals surface area (Å²) in [6.07, 6.45) is 4.63. The van der Waals surface area contributed by atoms with E-state index >= 15 is 0 Å². The largest absolute Gasteiger partial charge is 0.382 e. The molecule has 0 aliphatic rings. The maximum absolute atomic E-state index is 7.38. The van der Waals surface area contributed by atoms with Crippen LogP contribution in [0.3, 0.4) is 0 Å². The van der Waals surface area contributed by atoms with E-state index in [0.717, 1.165) is 0 Å². The first kappa shape index (κ1) is 10.6. The van der Waals surface area contributed by atoms with E-state index in [1.165, 1.54) is 18.0 Å². The van der Waals surface area contributed by atoms with Gasteiger partial charge in [-0.05, 0) is 11.8 Å². The van der Waals surface area contributed by atoms with Crippen LogP contribution in [0.15, 0.2) is 28.9 Å². The van der Waals surface area contributed by atoms with Crippen molar-refractivity contribution >= 4 is 17.6 Å². The van der Waals surface area contributed by atoms with Gasteiger partial charge in [-0.1, -0.05) is 0 Å². The number of nitrogens with zero attached hydrogens (tertiary/aromatic N) is 5. The molecule has 0 bridgehead atoms. The van der Waals surface area contributed by atoms with E-state index in [2.05, 4.69) is 20.2 Å². The van der Waals surface area contributed by atoms with Gasteiger partial charge in [0.2, 0.25) is 0 Å². The Kier molecular flexibility index (Phi) is 2.82. The molecule has 0 saturated carbocycles. The Morgan fingerprint density at radius 1 is 1.44 bits per heavy atom. The molecule has 0 aliphatic carbocycles. The van der Waals surface area contributed by atoms with E-state index in [-0.39, 0.29) is 5.84 Å². The molecule has 2 heterocycles. The maximum atomic E-state index is 7.38. The number of aryl methyl sites for hydroxylation is 1. The number of aromatic nitrogens is 5. The van der Waals surface area contributed by atoms with Crippen LogP contribution in [0.1, 0.15) is 5.69 Å². The minimum Gasteiger partial charge on any atom is -0.382 e. The number of nitrogens with two attached hydrogens (primary N) is 1. The average Bonchev–Trinajstić information content (AvgIpc) is 2.65. The van der Waals surface area contributed by atoms with E-state index in [9.17, 15) is 0 Å². The van der Waals surface area contributed by atoms with Crippen LogP contribution in [0, 0.1) is 5.41 Å². The average molecular weight is 235 g/mol. The molecule has 0 fully saturated rings. The number of hydrogen-bond donors (Lipinski definition) is 2. The lowest BCUT2D eigenvalue weighted by atomic mass is 10.4. The van der Waals surface area contributed by atoms with Crippen molar-refractivity contribution in [2.24, 2.45) is 12.8 Å². The van der Waals surface area contributed by atoms with E-state index in [0.29, 0.717) is 15.9 Å². The van der Waals surface area contributed by atoms with Crippen LogP contribution in [0.4, 0.5) is 0 Å². The van der Waals surface area contributed by atoms with Gasteiger partial charge in [-0.15, -0.1) is 10.2 Å². The number of hydrogen-bond acceptors (Lipinski definition) is 6. The summed E-state index contributed by atoms with van der Waals surface area (Å²) < 4.78 is 1.75. The van der Waals surface area contributed by atoms with Crippen molar-refractivity contribution in [1.29, 1.82) is 5.41 Å². The Balaban J connectivity index is 2.35. The lowest BCUT2D eigenvalue weighted by Crippen LogP contribution is -2.15. The van der Waals surface area contributed by atoms with Crippen molar-refractivity contribution in [3.05, 3.63) is 24.4 Å². The summed E-state index contributed by atoms with van der Waals surface area (Å²) in [5.74, 6) is -0.113. The number of nitrogen functional groups attached to an aromatic ring is 1. The summed E-state index contributed by atoms with van der Waals surface area (Å²) in [6.45, 7) is 0. The zero-order valence-corrected chi connectivity index (χ0v) is 9.27. The van der Waals surface area contributed by atoms with Crippen molar-refractivity contribution in [3.63, 3.8) is 0 Å². The van der Waals surface area contributed by atoms with E-state index < -0.39 is 0 Å². The molecule has 0 spiro atoms. The van der Waals surface area contributed by atoms with Crippen molar-refractivity contribution < 1.29 is 0 Å². The monoisotopic (exact) mass is 235 g/mol. The van der Waals surface area contributed by atoms with Crippen molar-refractivity contribution in [3.8, 4) is 0 Å². The summed E-state index contributed by atoms with van der Waals surface area (Å²) in [5.41, 5.74) is 5.76. The second-order valence-electron chi connectivity index (χ2n) is 2.95. The number of nitrogens with one attached hydrogen (secondary N) is 1. The second-order valence-corrected chi connectivity index (χ2v) is 3.91. The van der Waals surface area contributed by atoms with E-state index in [4.69, 9.17) is 11.1 Å². The highest BCUT2D eigenvalue weighted by molar-refractivity contribution is 7.99. The SMILES string of the molecule is Cn1cnnc1Sc1nccnc1C(=N)N. The molecule has 0 unspecified atom stereocenters. The predicted octanol–water partition coefficient (Wildman–Crippen LogP) is 0.0404. The molecule has 2 rings (SSSR count). The fourth-order valence-electron chi connectivity index (χ4n) is 1.04. The maximum Gasteiger partial charge on any atom is 0.197 e. The topological polar surface area (TPSA) is 106 Å². The lowest BCUT2D eigenvalue weighted by Gasteiger charge is -2.03. The van der Waals surface area contributed by atoms with Crippen molar-refractivity contribution in [2.75, 3.05) is 0 Å². The second kappa shape index (κ2) is 4.27. The molecule has 16 heavy (non-hydrogen) atoms. The van der Waals surface area contributed by atoms with E-state index in [1.54, 1.807) is 17.1 Å². The highest BCUT2D eigenvalue weighted by Crippen LogP contribution is 2.24. The molecule has 2 aromatic heterocycles. The molecular weight excluding hydrogens is 226 g/mol. The zero-order chi connectivity index (χ0) is 11.5. The van der Waals surface area contributed by atoms with Gasteiger partial charge in [0.1, 0.15) is 22.9 Å². The summed E-state index contributed by atoms with van der Waals surface area (Å²) >= 11 is 1.27. The van der Waals surface area contributed by atoms with Crippen molar-refractivity contribution in [2.45, 2.75) is 10.2 Å². The van der Waals surface area contributed by atoms with Crippen LogP contribution < -0.4 is 5.73 Å². The molecule has 8 heteroatoms. The van der Waals surface area contributed by atoms with Gasteiger partial charge in [0.15, 0.2) is 5.16 Å². The molecule has 0 aromatic carbocycles. The fraction of sp³-hybridized carbons (Fsp3) is 0.125. The van der Waals surface area contributed by atoms with Crippen LogP contribution >= 0.6 is 11.8 Å². The van der Waals surface area contributed by atoms with Gasteiger partial charge in [0, 0.05) is 19.4 Å². The summed E-state index contributed by atoms with van der Waals surface area (Å²) in [4.78, 5) is 8.11. The summed E-state index contributed by atoms with van der Waals surface area (Å²) in [6, 6.07) is 0. The number of amidine groups is 1. The van der Waals surface area contributed by atoms with Gasteiger partial charge in [-0.25, -0.2) is 9.97 Å². The summed E-state index contributed by atoms with van der Waals surface area (Å²) in [7, 11) is 1.83. The van der Waals surface area contributed by atoms with E-state index in [1.807, 2.05) is 7.05 Å². The highest BCUT2D eigenvalue weighted by Gasteiger charge is 2.12. The van der Waals surface area contributed by atoms with Crippen LogP contribution in [0.25, 0.3) is 0 Å². The highest BCUT2D eigenvalue weighted by atomic mass is 32.2. The third-order valence-corrected chi connectivity index (χ3v) is 2.82. The molecule has 0 saturated heterocycles. The van der Waals surface area contributed by atoms with Crippen molar-refractivity contribution in [1.82, 2.24) is 24.7 Å². The third-order valence-electron chi connectivity index (χ3n) is 1.78. The van der Waals surface area contributed by atoms with Crippen LogP contribution in [-0.2, 0) is 7.05 Å². The van der Waals surface area contributed by atoms with Gasteiger partial charge in [0.25, 0.3) is 0 Å². The molecule has 7 nitrogen and oxygen atoms in total. The predicted molar refractivity (Wildman–Crippen MR) is 58.2 cm³/mol. The molecule has 0 atom stereocenters. The molecule has 82 valence electrons. The Bertz CT molecular complexity index is 521. The van der Waals surface area contributed by atoms with Gasteiger partial charge >= 0.3 is 0 Å². The molecule has 0 radical (unpaired) electrons. The molecule has 3 N–H and O–H groups in total. The van der Waals surface area contributed by atoms with Gasteiger partial charge in [-0.2, -0.15) is 0 Å². The minimum absolute atomic E-state index is 0.113. The first-order valence-electron chi connectivity index (χ1n) is 4.35. The zero-order valence-electron chi connectivity index (χ0n) is 8.45. The fourth-order valence-corrected chi connectivity index (χ4v) is 1.86. The van der Waals surface area contributed by atoms with Crippen LogP contribution in [0.5, 0.6) is 0 Å². The first-order valence-corrected chi connectivity index (χ1v) is 5.17. The third kappa shape index (κ3) is 2.01. The van der Waals surface area contributed by atoms with Crippen LogP contribution in [-0.4, -0.2) is 30.6 Å². The quantitative estimate of drug-likeness (QED) is 0.574. The van der Waals surface area contributed by atoms with Gasteiger partial charge in [-0.3, -0.25) is 5.41 Å². The molecule has 0 aliphatic heterocycles. The smallest absolute Gasteiger partial charge is 0.197 e. The van der Waals surface area contributed by atoms with Gasteiger partial charge in [0.05, 0.1) is 0 Å². The molecule has 2 aromatic rings. The molecular formula is C8H9N7S. The Hall–Kier alpha value is -1.96. The van der Waals surface area contributed by atoms with Gasteiger partial charge < -0.3 is 10.3 Å². The first-order chi connectivity index (χ1) is 7.68. The lowest BCUT2D eigenvalue weighted by molar-refractivity contribution is 0.786. The molecule has 0 amide bonds. The Labute approximate surface area is 95.6 Å². The Morgan fingerprint density at radius 2 is 2.19 bits per heavy atom. The number of rotatable bonds is 3.